The molecule has 2 aliphatic rings. The molecule has 1 saturated heterocycles. The van der Waals surface area contributed by atoms with E-state index in [1.165, 1.54) is 32.2 Å². The molecule has 1 fully saturated rings. The predicted molar refractivity (Wildman–Crippen MR) is 115 cm³/mol. The molecular weight excluding hydrogens is 364 g/mol. The Morgan fingerprint density at radius 3 is 2.93 bits per heavy atom. The number of aromatic nitrogens is 2. The fraction of sp³-hybridized carbons (Fsp3) is 0.609. The van der Waals surface area contributed by atoms with Crippen molar-refractivity contribution in [3.8, 4) is 0 Å². The lowest BCUT2D eigenvalue weighted by molar-refractivity contribution is 0.0947. The van der Waals surface area contributed by atoms with Crippen LogP contribution in [0.3, 0.4) is 0 Å². The first kappa shape index (κ1) is 20.1. The zero-order chi connectivity index (χ0) is 20.2. The maximum Gasteiger partial charge on any atom is 0.261 e. The van der Waals surface area contributed by atoms with Crippen molar-refractivity contribution in [3.05, 3.63) is 39.9 Å². The van der Waals surface area contributed by atoms with E-state index in [0.717, 1.165) is 44.6 Å². The van der Waals surface area contributed by atoms with E-state index >= 15 is 0 Å². The molecule has 6 nitrogen and oxygen atoms in total. The molecule has 1 aromatic heterocycles. The minimum atomic E-state index is -0.0859. The van der Waals surface area contributed by atoms with Crippen molar-refractivity contribution < 1.29 is 4.79 Å². The number of likely N-dealkylation sites (tertiary alicyclic amines) is 1. The van der Waals surface area contributed by atoms with Crippen LogP contribution in [-0.4, -0.2) is 46.0 Å². The molecule has 1 amide bonds. The number of carbonyl (C=O) groups is 1. The highest BCUT2D eigenvalue weighted by atomic mass is 16.1. The molecule has 6 heteroatoms. The highest BCUT2D eigenvalue weighted by Gasteiger charge is 2.20. The fourth-order valence-corrected chi connectivity index (χ4v) is 4.79. The van der Waals surface area contributed by atoms with Crippen LogP contribution in [0.2, 0.25) is 0 Å². The molecule has 3 heterocycles. The third-order valence-electron chi connectivity index (χ3n) is 6.46. The molecule has 156 valence electrons. The molecule has 0 unspecified atom stereocenters. The molecule has 1 atom stereocenters. The van der Waals surface area contributed by atoms with Gasteiger partial charge in [0.15, 0.2) is 0 Å². The van der Waals surface area contributed by atoms with E-state index in [1.807, 2.05) is 0 Å². The minimum Gasteiger partial charge on any atom is -0.352 e. The number of aryl methyl sites for hydroxylation is 1. The van der Waals surface area contributed by atoms with Gasteiger partial charge in [-0.15, -0.1) is 0 Å². The van der Waals surface area contributed by atoms with Gasteiger partial charge < -0.3 is 10.2 Å². The number of nitrogens with one attached hydrogen (secondary N) is 1. The third kappa shape index (κ3) is 4.37. The van der Waals surface area contributed by atoms with Crippen molar-refractivity contribution >= 4 is 16.8 Å². The molecular formula is C23H32N4O2. The number of amides is 1. The summed E-state index contributed by atoms with van der Waals surface area (Å²) in [6.07, 6.45) is 9.02. The van der Waals surface area contributed by atoms with E-state index in [4.69, 9.17) is 0 Å². The minimum absolute atomic E-state index is 0.0173. The highest BCUT2D eigenvalue weighted by molar-refractivity contribution is 5.97. The van der Waals surface area contributed by atoms with Gasteiger partial charge in [0.25, 0.3) is 11.5 Å². The molecule has 0 bridgehead atoms. The van der Waals surface area contributed by atoms with Crippen LogP contribution in [0, 0.1) is 0 Å². The Kier molecular flexibility index (Phi) is 6.28. The SMILES string of the molecule is CC[C@H]1CCCCN1CCCNC(=O)c1ccc2c(=O)n3c(nc2c1)CCCC3. The Bertz CT molecular complexity index is 936. The van der Waals surface area contributed by atoms with E-state index in [2.05, 4.69) is 22.1 Å². The number of piperidine rings is 1. The second kappa shape index (κ2) is 9.08. The second-order valence-corrected chi connectivity index (χ2v) is 8.38. The fourth-order valence-electron chi connectivity index (χ4n) is 4.79. The maximum atomic E-state index is 12.7. The molecule has 2 aromatic rings. The number of hydrogen-bond donors (Lipinski definition) is 1. The zero-order valence-corrected chi connectivity index (χ0v) is 17.5. The number of hydrogen-bond acceptors (Lipinski definition) is 4. The number of carbonyl (C=O) groups excluding carboxylic acids is 1. The molecule has 29 heavy (non-hydrogen) atoms. The smallest absolute Gasteiger partial charge is 0.261 e. The lowest BCUT2D eigenvalue weighted by Gasteiger charge is -2.35. The van der Waals surface area contributed by atoms with Crippen LogP contribution in [0.5, 0.6) is 0 Å². The molecule has 1 aromatic carbocycles. The summed E-state index contributed by atoms with van der Waals surface area (Å²) in [5, 5.41) is 3.64. The van der Waals surface area contributed by atoms with E-state index < -0.39 is 0 Å². The van der Waals surface area contributed by atoms with Gasteiger partial charge in [0.2, 0.25) is 0 Å². The van der Waals surface area contributed by atoms with Gasteiger partial charge in [0, 0.05) is 37.7 Å². The Labute approximate surface area is 172 Å². The first-order chi connectivity index (χ1) is 14.2. The quantitative estimate of drug-likeness (QED) is 0.762. The van der Waals surface area contributed by atoms with Gasteiger partial charge in [0.05, 0.1) is 10.9 Å². The lowest BCUT2D eigenvalue weighted by atomic mass is 10.00. The zero-order valence-electron chi connectivity index (χ0n) is 17.5. The summed E-state index contributed by atoms with van der Waals surface area (Å²) in [6, 6.07) is 5.96. The summed E-state index contributed by atoms with van der Waals surface area (Å²) in [4.78, 5) is 32.5. The highest BCUT2D eigenvalue weighted by Crippen LogP contribution is 2.19. The predicted octanol–water partition coefficient (Wildman–Crippen LogP) is 3.12. The van der Waals surface area contributed by atoms with Crippen LogP contribution in [0.1, 0.15) is 68.1 Å². The van der Waals surface area contributed by atoms with Gasteiger partial charge >= 0.3 is 0 Å². The number of fused-ring (bicyclic) bond motifs is 2. The second-order valence-electron chi connectivity index (χ2n) is 8.38. The van der Waals surface area contributed by atoms with Gasteiger partial charge in [0.1, 0.15) is 5.82 Å². The van der Waals surface area contributed by atoms with Crippen molar-refractivity contribution in [3.63, 3.8) is 0 Å². The van der Waals surface area contributed by atoms with Crippen molar-refractivity contribution in [1.29, 1.82) is 0 Å². The van der Waals surface area contributed by atoms with Gasteiger partial charge in [-0.05, 0) is 63.3 Å². The first-order valence-corrected chi connectivity index (χ1v) is 11.2. The molecule has 0 radical (unpaired) electrons. The largest absolute Gasteiger partial charge is 0.352 e. The molecule has 1 N–H and O–H groups in total. The molecule has 4 rings (SSSR count). The van der Waals surface area contributed by atoms with Crippen LogP contribution in [0.15, 0.2) is 23.0 Å². The van der Waals surface area contributed by atoms with Gasteiger partial charge in [-0.1, -0.05) is 13.3 Å². The van der Waals surface area contributed by atoms with Crippen molar-refractivity contribution in [1.82, 2.24) is 19.8 Å². The lowest BCUT2D eigenvalue weighted by Crippen LogP contribution is -2.40. The van der Waals surface area contributed by atoms with Crippen LogP contribution in [0.4, 0.5) is 0 Å². The Morgan fingerprint density at radius 2 is 2.07 bits per heavy atom. The number of rotatable bonds is 6. The van der Waals surface area contributed by atoms with Crippen LogP contribution >= 0.6 is 0 Å². The van der Waals surface area contributed by atoms with Crippen molar-refractivity contribution in [2.24, 2.45) is 0 Å². The maximum absolute atomic E-state index is 12.7. The monoisotopic (exact) mass is 396 g/mol. The summed E-state index contributed by atoms with van der Waals surface area (Å²) in [7, 11) is 0. The molecule has 0 aliphatic carbocycles. The molecule has 0 saturated carbocycles. The summed E-state index contributed by atoms with van der Waals surface area (Å²) < 4.78 is 1.79. The van der Waals surface area contributed by atoms with Gasteiger partial charge in [-0.2, -0.15) is 0 Å². The van der Waals surface area contributed by atoms with Crippen molar-refractivity contribution in [2.45, 2.75) is 70.9 Å². The number of nitrogens with zero attached hydrogens (tertiary/aromatic N) is 3. The van der Waals surface area contributed by atoms with Gasteiger partial charge in [-0.3, -0.25) is 14.2 Å². The standard InChI is InChI=1S/C23H32N4O2/c1-2-18-8-3-5-13-26(18)14-7-12-24-22(28)17-10-11-19-20(16-17)25-21-9-4-6-15-27(21)23(19)29/h10-11,16,18H,2-9,12-15H2,1H3,(H,24,28)/t18-/m0/s1. The Hall–Kier alpha value is -2.21. The van der Waals surface area contributed by atoms with E-state index in [9.17, 15) is 9.59 Å². The summed E-state index contributed by atoms with van der Waals surface area (Å²) in [5.74, 6) is 0.760. The van der Waals surface area contributed by atoms with Crippen LogP contribution in [0.25, 0.3) is 10.9 Å². The van der Waals surface area contributed by atoms with Gasteiger partial charge in [-0.25, -0.2) is 4.98 Å². The van der Waals surface area contributed by atoms with Crippen LogP contribution < -0.4 is 10.9 Å². The topological polar surface area (TPSA) is 67.2 Å². The summed E-state index contributed by atoms with van der Waals surface area (Å²) >= 11 is 0. The summed E-state index contributed by atoms with van der Waals surface area (Å²) in [5.41, 5.74) is 1.23. The number of benzene rings is 1. The Morgan fingerprint density at radius 1 is 1.21 bits per heavy atom. The van der Waals surface area contributed by atoms with E-state index in [1.54, 1.807) is 22.8 Å². The van der Waals surface area contributed by atoms with Crippen molar-refractivity contribution in [2.75, 3.05) is 19.6 Å². The van der Waals surface area contributed by atoms with E-state index in [0.29, 0.717) is 29.1 Å². The first-order valence-electron chi connectivity index (χ1n) is 11.2. The molecule has 0 spiro atoms. The average Bonchev–Trinajstić information content (AvgIpc) is 2.76. The average molecular weight is 397 g/mol. The third-order valence-corrected chi connectivity index (χ3v) is 6.46. The molecule has 2 aliphatic heterocycles. The van der Waals surface area contributed by atoms with E-state index in [-0.39, 0.29) is 11.5 Å². The normalized spacial score (nSPS) is 19.8. The van der Waals surface area contributed by atoms with Crippen LogP contribution in [-0.2, 0) is 13.0 Å². The Balaban J connectivity index is 1.38. The summed E-state index contributed by atoms with van der Waals surface area (Å²) in [6.45, 7) is 5.91.